The number of hydrogen-bond acceptors (Lipinski definition) is 9. The Morgan fingerprint density at radius 3 is 2.76 bits per heavy atom. The minimum atomic E-state index is -1.43. The summed E-state index contributed by atoms with van der Waals surface area (Å²) in [5, 5.41) is 31.4. The molecule has 4 atom stereocenters. The molecule has 12 nitrogen and oxygen atoms in total. The summed E-state index contributed by atoms with van der Waals surface area (Å²) in [6.07, 6.45) is -3.28. The van der Waals surface area contributed by atoms with Gasteiger partial charge in [0.1, 0.15) is 24.9 Å². The summed E-state index contributed by atoms with van der Waals surface area (Å²) in [7, 11) is 0. The van der Waals surface area contributed by atoms with Crippen molar-refractivity contribution < 1.29 is 34.4 Å². The predicted octanol–water partition coefficient (Wildman–Crippen LogP) is -1.37. The SMILES string of the molecule is O=C(Nc1nc(=O)n(C2O[C@H](CO)[C@@H](O)[C@H]2O)cc1I)OCCN1CCCC1=O. The Labute approximate surface area is 178 Å². The van der Waals surface area contributed by atoms with E-state index in [9.17, 15) is 24.6 Å². The first-order valence-corrected chi connectivity index (χ1v) is 10.0. The van der Waals surface area contributed by atoms with Crippen LogP contribution in [-0.2, 0) is 14.3 Å². The molecule has 1 unspecified atom stereocenters. The Balaban J connectivity index is 1.61. The number of halogens is 1. The normalized spacial score (nSPS) is 26.8. The molecular weight excluding hydrogens is 503 g/mol. The van der Waals surface area contributed by atoms with Crippen LogP contribution >= 0.6 is 22.6 Å². The van der Waals surface area contributed by atoms with E-state index in [1.54, 1.807) is 4.90 Å². The van der Waals surface area contributed by atoms with Crippen molar-refractivity contribution in [1.82, 2.24) is 14.5 Å². The molecule has 1 aromatic rings. The van der Waals surface area contributed by atoms with Crippen LogP contribution in [0.2, 0.25) is 0 Å². The van der Waals surface area contributed by atoms with Crippen LogP contribution in [0, 0.1) is 3.57 Å². The molecule has 3 heterocycles. The molecule has 13 heteroatoms. The molecule has 160 valence electrons. The number of nitrogens with one attached hydrogen (secondary N) is 1. The summed E-state index contributed by atoms with van der Waals surface area (Å²) >= 11 is 1.83. The maximum atomic E-state index is 12.3. The van der Waals surface area contributed by atoms with Crippen LogP contribution in [0.15, 0.2) is 11.0 Å². The first-order valence-electron chi connectivity index (χ1n) is 8.94. The van der Waals surface area contributed by atoms with Gasteiger partial charge in [0.25, 0.3) is 0 Å². The minimum Gasteiger partial charge on any atom is -0.447 e. The van der Waals surface area contributed by atoms with Gasteiger partial charge in [0.05, 0.1) is 16.7 Å². The average Bonchev–Trinajstić information content (AvgIpc) is 3.21. The summed E-state index contributed by atoms with van der Waals surface area (Å²) in [6.45, 7) is 0.419. The summed E-state index contributed by atoms with van der Waals surface area (Å²) in [5.41, 5.74) is -0.835. The summed E-state index contributed by atoms with van der Waals surface area (Å²) < 4.78 is 11.7. The van der Waals surface area contributed by atoms with Gasteiger partial charge in [0.2, 0.25) is 5.91 Å². The topological polar surface area (TPSA) is 163 Å². The molecular formula is C16H21IN4O8. The van der Waals surface area contributed by atoms with Crippen molar-refractivity contribution >= 4 is 40.4 Å². The quantitative estimate of drug-likeness (QED) is 0.329. The molecule has 2 fully saturated rings. The largest absolute Gasteiger partial charge is 0.447 e. The van der Waals surface area contributed by atoms with Crippen molar-refractivity contribution in [3.05, 3.63) is 20.3 Å². The highest BCUT2D eigenvalue weighted by Gasteiger charge is 2.44. The number of rotatable bonds is 6. The van der Waals surface area contributed by atoms with E-state index in [0.717, 1.165) is 11.0 Å². The zero-order chi connectivity index (χ0) is 21.1. The molecule has 3 rings (SSSR count). The van der Waals surface area contributed by atoms with Gasteiger partial charge in [-0.05, 0) is 29.0 Å². The minimum absolute atomic E-state index is 0.00770. The van der Waals surface area contributed by atoms with E-state index in [2.05, 4.69) is 10.3 Å². The molecule has 29 heavy (non-hydrogen) atoms. The van der Waals surface area contributed by atoms with Gasteiger partial charge >= 0.3 is 11.8 Å². The van der Waals surface area contributed by atoms with Gasteiger partial charge in [-0.25, -0.2) is 9.59 Å². The molecule has 0 aromatic carbocycles. The molecule has 4 N–H and O–H groups in total. The van der Waals surface area contributed by atoms with E-state index in [1.807, 2.05) is 22.6 Å². The fourth-order valence-electron chi connectivity index (χ4n) is 3.15. The maximum absolute atomic E-state index is 12.3. The molecule has 0 spiro atoms. The van der Waals surface area contributed by atoms with Gasteiger partial charge in [0, 0.05) is 19.2 Å². The highest BCUT2D eigenvalue weighted by atomic mass is 127. The highest BCUT2D eigenvalue weighted by Crippen LogP contribution is 2.29. The highest BCUT2D eigenvalue weighted by molar-refractivity contribution is 14.1. The van der Waals surface area contributed by atoms with E-state index < -0.39 is 42.9 Å². The number of ether oxygens (including phenoxy) is 2. The van der Waals surface area contributed by atoms with Crippen LogP contribution in [0.1, 0.15) is 19.1 Å². The van der Waals surface area contributed by atoms with Crippen LogP contribution in [0.3, 0.4) is 0 Å². The third-order valence-corrected chi connectivity index (χ3v) is 5.47. The van der Waals surface area contributed by atoms with Gasteiger partial charge in [-0.1, -0.05) is 0 Å². The second-order valence-electron chi connectivity index (χ2n) is 6.60. The first-order chi connectivity index (χ1) is 13.8. The second-order valence-corrected chi connectivity index (χ2v) is 7.76. The average molecular weight is 524 g/mol. The van der Waals surface area contributed by atoms with Gasteiger partial charge in [-0.15, -0.1) is 0 Å². The van der Waals surface area contributed by atoms with Gasteiger partial charge in [-0.3, -0.25) is 14.7 Å². The molecule has 0 aliphatic carbocycles. The van der Waals surface area contributed by atoms with Crippen molar-refractivity contribution in [3.8, 4) is 0 Å². The lowest BCUT2D eigenvalue weighted by molar-refractivity contribution is -0.128. The van der Waals surface area contributed by atoms with Crippen LogP contribution in [0.4, 0.5) is 10.6 Å². The second kappa shape index (κ2) is 9.34. The van der Waals surface area contributed by atoms with Gasteiger partial charge in [-0.2, -0.15) is 4.98 Å². The number of nitrogens with zero attached hydrogens (tertiary/aromatic N) is 3. The van der Waals surface area contributed by atoms with Crippen LogP contribution in [0.5, 0.6) is 0 Å². The van der Waals surface area contributed by atoms with E-state index in [4.69, 9.17) is 14.6 Å². The number of carbonyl (C=O) groups is 2. The third-order valence-electron chi connectivity index (χ3n) is 4.68. The van der Waals surface area contributed by atoms with Crippen molar-refractivity contribution in [2.45, 2.75) is 37.4 Å². The molecule has 1 aromatic heterocycles. The number of amides is 2. The summed E-state index contributed by atoms with van der Waals surface area (Å²) in [4.78, 5) is 41.1. The Hall–Kier alpha value is -1.81. The van der Waals surface area contributed by atoms with E-state index in [-0.39, 0.29) is 18.3 Å². The monoisotopic (exact) mass is 524 g/mol. The molecule has 0 bridgehead atoms. The summed E-state index contributed by atoms with van der Waals surface area (Å²) in [6, 6.07) is 0. The predicted molar refractivity (Wildman–Crippen MR) is 105 cm³/mol. The van der Waals surface area contributed by atoms with Crippen molar-refractivity contribution in [2.24, 2.45) is 0 Å². The van der Waals surface area contributed by atoms with Crippen LogP contribution in [0.25, 0.3) is 0 Å². The van der Waals surface area contributed by atoms with Crippen LogP contribution in [-0.4, -0.2) is 86.4 Å². The van der Waals surface area contributed by atoms with Gasteiger partial charge < -0.3 is 29.7 Å². The number of anilines is 1. The Kier molecular flexibility index (Phi) is 7.05. The number of carbonyl (C=O) groups excluding carboxylic acids is 2. The maximum Gasteiger partial charge on any atom is 0.412 e. The van der Waals surface area contributed by atoms with Crippen molar-refractivity contribution in [1.29, 1.82) is 0 Å². The molecule has 2 aliphatic heterocycles. The zero-order valence-electron chi connectivity index (χ0n) is 15.2. The number of aromatic nitrogens is 2. The fraction of sp³-hybridized carbons (Fsp3) is 0.625. The lowest BCUT2D eigenvalue weighted by atomic mass is 10.1. The molecule has 2 amide bonds. The molecule has 2 saturated heterocycles. The molecule has 0 saturated carbocycles. The van der Waals surface area contributed by atoms with Gasteiger partial charge in [0.15, 0.2) is 12.0 Å². The first kappa shape index (κ1) is 21.9. The van der Waals surface area contributed by atoms with E-state index in [1.165, 1.54) is 6.20 Å². The summed E-state index contributed by atoms with van der Waals surface area (Å²) in [5.74, 6) is -0.0143. The fourth-order valence-corrected chi connectivity index (χ4v) is 3.70. The molecule has 2 aliphatic rings. The standard InChI is InChI=1S/C16H21IN4O8/c17-8-6-21(14-12(25)11(24)9(7-22)29-14)15(26)18-13(8)19-16(27)28-5-4-20-3-1-2-10(20)23/h6,9,11-12,14,22,24-25H,1-5,7H2,(H,18,19,26,27)/t9-,11-,12-,14?/m1/s1. The third kappa shape index (κ3) is 4.85. The smallest absolute Gasteiger partial charge is 0.412 e. The number of likely N-dealkylation sites (tertiary alicyclic amines) is 1. The number of hydrogen-bond donors (Lipinski definition) is 4. The number of aliphatic hydroxyl groups excluding tert-OH is 3. The molecule has 0 radical (unpaired) electrons. The number of aliphatic hydroxyl groups is 3. The Morgan fingerprint density at radius 1 is 1.38 bits per heavy atom. The zero-order valence-corrected chi connectivity index (χ0v) is 17.4. The lowest BCUT2D eigenvalue weighted by Gasteiger charge is -2.18. The van der Waals surface area contributed by atoms with Crippen molar-refractivity contribution in [3.63, 3.8) is 0 Å². The Morgan fingerprint density at radius 2 is 2.14 bits per heavy atom. The Bertz CT molecular complexity index is 834. The lowest BCUT2D eigenvalue weighted by Crippen LogP contribution is -2.36. The van der Waals surface area contributed by atoms with E-state index in [0.29, 0.717) is 23.1 Å². The van der Waals surface area contributed by atoms with Crippen LogP contribution < -0.4 is 11.0 Å². The van der Waals surface area contributed by atoms with E-state index >= 15 is 0 Å². The van der Waals surface area contributed by atoms with Crippen molar-refractivity contribution in [2.75, 3.05) is 31.6 Å².